The first-order chi connectivity index (χ1) is 10.7. The molecular weight excluding hydrogens is 336 g/mol. The topological polar surface area (TPSA) is 12.5 Å². The van der Waals surface area contributed by atoms with Crippen LogP contribution in [-0.2, 0) is 6.61 Å². The van der Waals surface area contributed by atoms with E-state index in [1.807, 2.05) is 18.2 Å². The van der Waals surface area contributed by atoms with Crippen LogP contribution in [0.1, 0.15) is 12.0 Å². The van der Waals surface area contributed by atoms with E-state index in [4.69, 9.17) is 16.3 Å². The minimum Gasteiger partial charge on any atom is -0.489 e. The minimum absolute atomic E-state index is 0. The lowest BCUT2D eigenvalue weighted by Gasteiger charge is -2.25. The summed E-state index contributed by atoms with van der Waals surface area (Å²) in [4.78, 5) is 2.29. The molecule has 0 fully saturated rings. The van der Waals surface area contributed by atoms with Gasteiger partial charge in [0.2, 0.25) is 0 Å². The van der Waals surface area contributed by atoms with Gasteiger partial charge in [-0.2, -0.15) is 0 Å². The zero-order valence-electron chi connectivity index (χ0n) is 12.5. The van der Waals surface area contributed by atoms with Crippen LogP contribution >= 0.6 is 24.0 Å². The van der Waals surface area contributed by atoms with E-state index in [0.717, 1.165) is 30.9 Å². The van der Waals surface area contributed by atoms with Gasteiger partial charge in [-0.3, -0.25) is 0 Å². The van der Waals surface area contributed by atoms with Crippen LogP contribution in [0.15, 0.2) is 54.6 Å². The predicted octanol–water partition coefficient (Wildman–Crippen LogP) is 5.25. The van der Waals surface area contributed by atoms with Crippen LogP contribution in [0.4, 0.5) is 10.1 Å². The van der Waals surface area contributed by atoms with Crippen LogP contribution in [0.25, 0.3) is 0 Å². The van der Waals surface area contributed by atoms with Gasteiger partial charge in [0, 0.05) is 35.4 Å². The first-order valence-corrected chi connectivity index (χ1v) is 7.67. The number of hydrogen-bond donors (Lipinski definition) is 0. The van der Waals surface area contributed by atoms with Crippen molar-refractivity contribution in [3.63, 3.8) is 0 Å². The molecule has 0 saturated carbocycles. The zero-order chi connectivity index (χ0) is 15.4. The summed E-state index contributed by atoms with van der Waals surface area (Å²) in [6, 6.07) is 12.5. The van der Waals surface area contributed by atoms with Crippen molar-refractivity contribution in [3.05, 3.63) is 71.0 Å². The summed E-state index contributed by atoms with van der Waals surface area (Å²) in [5.74, 6) is 0.395. The van der Waals surface area contributed by atoms with E-state index >= 15 is 0 Å². The first-order valence-electron chi connectivity index (χ1n) is 7.29. The highest BCUT2D eigenvalue weighted by Crippen LogP contribution is 2.24. The molecular formula is C18H18Cl2FNO. The molecule has 0 radical (unpaired) electrons. The minimum atomic E-state index is -0.343. The summed E-state index contributed by atoms with van der Waals surface area (Å²) in [5, 5.41) is 0.390. The molecule has 2 aromatic rings. The second-order valence-electron chi connectivity index (χ2n) is 5.23. The number of benzene rings is 2. The number of halogens is 3. The third-order valence-electron chi connectivity index (χ3n) is 3.65. The Balaban J connectivity index is 0.00000192. The molecule has 0 aromatic heterocycles. The number of rotatable bonds is 4. The Kier molecular flexibility index (Phi) is 6.31. The zero-order valence-corrected chi connectivity index (χ0v) is 14.1. The molecule has 5 heteroatoms. The van der Waals surface area contributed by atoms with E-state index in [1.165, 1.54) is 6.07 Å². The molecule has 0 atom stereocenters. The number of hydrogen-bond acceptors (Lipinski definition) is 2. The third kappa shape index (κ3) is 4.63. The number of nitrogens with zero attached hydrogens (tertiary/aromatic N) is 1. The fourth-order valence-corrected chi connectivity index (χ4v) is 2.60. The molecule has 0 aliphatic carbocycles. The molecule has 1 aliphatic heterocycles. The van der Waals surface area contributed by atoms with Crippen molar-refractivity contribution < 1.29 is 9.13 Å². The average molecular weight is 354 g/mol. The molecule has 0 N–H and O–H groups in total. The van der Waals surface area contributed by atoms with Gasteiger partial charge in [-0.15, -0.1) is 12.4 Å². The van der Waals surface area contributed by atoms with Gasteiger partial charge in [-0.05, 0) is 30.7 Å². The van der Waals surface area contributed by atoms with Crippen molar-refractivity contribution in [2.75, 3.05) is 18.0 Å². The Morgan fingerprint density at radius 2 is 2.00 bits per heavy atom. The summed E-state index contributed by atoms with van der Waals surface area (Å²) in [5.41, 5.74) is 1.62. The summed E-state index contributed by atoms with van der Waals surface area (Å²) in [7, 11) is 0. The van der Waals surface area contributed by atoms with E-state index in [0.29, 0.717) is 10.6 Å². The number of anilines is 1. The Labute approximate surface area is 146 Å². The van der Waals surface area contributed by atoms with Crippen molar-refractivity contribution in [2.24, 2.45) is 0 Å². The van der Waals surface area contributed by atoms with E-state index < -0.39 is 0 Å². The molecule has 0 amide bonds. The van der Waals surface area contributed by atoms with E-state index in [2.05, 4.69) is 23.1 Å². The molecule has 0 unspecified atom stereocenters. The van der Waals surface area contributed by atoms with Crippen LogP contribution in [0, 0.1) is 5.82 Å². The van der Waals surface area contributed by atoms with Gasteiger partial charge < -0.3 is 9.64 Å². The van der Waals surface area contributed by atoms with Crippen molar-refractivity contribution in [3.8, 4) is 5.75 Å². The van der Waals surface area contributed by atoms with Crippen molar-refractivity contribution in [1.82, 2.24) is 0 Å². The molecule has 0 saturated heterocycles. The van der Waals surface area contributed by atoms with E-state index in [-0.39, 0.29) is 24.8 Å². The smallest absolute Gasteiger partial charge is 0.131 e. The standard InChI is InChI=1S/C18H17ClFNO.ClH/c19-15-8-7-14(18(20)11-15)13-22-17-6-4-5-16(12-17)21-9-2-1-3-10-21;/h1-2,4-8,11-12H,3,9-10,13H2;1H. The van der Waals surface area contributed by atoms with Crippen LogP contribution in [-0.4, -0.2) is 13.1 Å². The van der Waals surface area contributed by atoms with Crippen LogP contribution in [0.5, 0.6) is 5.75 Å². The fourth-order valence-electron chi connectivity index (χ4n) is 2.45. The van der Waals surface area contributed by atoms with Crippen LogP contribution < -0.4 is 9.64 Å². The van der Waals surface area contributed by atoms with Gasteiger partial charge >= 0.3 is 0 Å². The molecule has 0 spiro atoms. The molecule has 122 valence electrons. The van der Waals surface area contributed by atoms with Gasteiger partial charge in [0.25, 0.3) is 0 Å². The predicted molar refractivity (Wildman–Crippen MR) is 95.4 cm³/mol. The lowest BCUT2D eigenvalue weighted by atomic mass is 10.2. The quantitative estimate of drug-likeness (QED) is 0.696. The summed E-state index contributed by atoms with van der Waals surface area (Å²) in [6.07, 6.45) is 5.42. The summed E-state index contributed by atoms with van der Waals surface area (Å²) < 4.78 is 19.5. The SMILES string of the molecule is Cl.Fc1cc(Cl)ccc1COc1cccc(N2CC=CCC2)c1. The van der Waals surface area contributed by atoms with Gasteiger partial charge in [0.1, 0.15) is 18.2 Å². The number of ether oxygens (including phenoxy) is 1. The lowest BCUT2D eigenvalue weighted by Crippen LogP contribution is -2.26. The molecule has 2 aromatic carbocycles. The molecule has 1 heterocycles. The Hall–Kier alpha value is -1.71. The second-order valence-corrected chi connectivity index (χ2v) is 5.66. The highest BCUT2D eigenvalue weighted by molar-refractivity contribution is 6.30. The molecule has 1 aliphatic rings. The van der Waals surface area contributed by atoms with Crippen molar-refractivity contribution in [2.45, 2.75) is 13.0 Å². The van der Waals surface area contributed by atoms with Gasteiger partial charge in [-0.25, -0.2) is 4.39 Å². The molecule has 3 rings (SSSR count). The maximum absolute atomic E-state index is 13.7. The van der Waals surface area contributed by atoms with E-state index in [9.17, 15) is 4.39 Å². The van der Waals surface area contributed by atoms with Crippen molar-refractivity contribution >= 4 is 29.7 Å². The van der Waals surface area contributed by atoms with Crippen LogP contribution in [0.3, 0.4) is 0 Å². The van der Waals surface area contributed by atoms with Crippen LogP contribution in [0.2, 0.25) is 5.02 Å². The largest absolute Gasteiger partial charge is 0.489 e. The van der Waals surface area contributed by atoms with Gasteiger partial charge in [0.05, 0.1) is 0 Å². The van der Waals surface area contributed by atoms with Crippen molar-refractivity contribution in [1.29, 1.82) is 0 Å². The normalized spacial score (nSPS) is 13.6. The maximum Gasteiger partial charge on any atom is 0.131 e. The second kappa shape index (κ2) is 8.23. The first kappa shape index (κ1) is 17.6. The van der Waals surface area contributed by atoms with Gasteiger partial charge in [-0.1, -0.05) is 35.9 Å². The lowest BCUT2D eigenvalue weighted by molar-refractivity contribution is 0.300. The summed E-state index contributed by atoms with van der Waals surface area (Å²) in [6.45, 7) is 2.10. The third-order valence-corrected chi connectivity index (χ3v) is 3.89. The Bertz CT molecular complexity index is 690. The molecule has 0 bridgehead atoms. The maximum atomic E-state index is 13.7. The molecule has 2 nitrogen and oxygen atoms in total. The average Bonchev–Trinajstić information content (AvgIpc) is 2.55. The monoisotopic (exact) mass is 353 g/mol. The highest BCUT2D eigenvalue weighted by Gasteiger charge is 2.09. The Morgan fingerprint density at radius 1 is 1.13 bits per heavy atom. The van der Waals surface area contributed by atoms with E-state index in [1.54, 1.807) is 12.1 Å². The van der Waals surface area contributed by atoms with Gasteiger partial charge in [0.15, 0.2) is 0 Å². The fraction of sp³-hybridized carbons (Fsp3) is 0.222. The summed E-state index contributed by atoms with van der Waals surface area (Å²) >= 11 is 5.75. The molecule has 23 heavy (non-hydrogen) atoms. The Morgan fingerprint density at radius 3 is 2.74 bits per heavy atom. The highest BCUT2D eigenvalue weighted by atomic mass is 35.5.